The van der Waals surface area contributed by atoms with Gasteiger partial charge >= 0.3 is 6.61 Å². The average molecular weight is 495 g/mol. The van der Waals surface area contributed by atoms with Crippen LogP contribution in [-0.2, 0) is 6.54 Å². The molecule has 1 saturated heterocycles. The lowest BCUT2D eigenvalue weighted by Crippen LogP contribution is -2.42. The van der Waals surface area contributed by atoms with Crippen molar-refractivity contribution < 1.29 is 18.6 Å². The van der Waals surface area contributed by atoms with Crippen molar-refractivity contribution in [3.8, 4) is 28.8 Å². The first-order valence-electron chi connectivity index (χ1n) is 12.2. The van der Waals surface area contributed by atoms with Crippen LogP contribution in [0.3, 0.4) is 0 Å². The fraction of sp³-hybridized carbons (Fsp3) is 0.429. The number of ether oxygens (including phenoxy) is 1. The summed E-state index contributed by atoms with van der Waals surface area (Å²) in [6.45, 7) is 5.42. The van der Waals surface area contributed by atoms with E-state index in [9.17, 15) is 13.9 Å². The van der Waals surface area contributed by atoms with Gasteiger partial charge in [0.05, 0.1) is 23.0 Å². The van der Waals surface area contributed by atoms with Gasteiger partial charge in [0.2, 0.25) is 0 Å². The molecule has 1 aromatic heterocycles. The van der Waals surface area contributed by atoms with E-state index in [0.29, 0.717) is 34.8 Å². The highest BCUT2D eigenvalue weighted by molar-refractivity contribution is 5.63. The standard InChI is InChI=1S/C28H32F2N4O2/c1-19-13-20(15-31)6-9-25(19)34-12-10-24(32-34)21-7-8-22(26(14-21)36-27(29)30)16-33-11-4-5-23(17-33)28(2,3)18-35/h6-10,12-14,23,27,35H,4-5,11,16-18H2,1-3H3/t23-/m0/s1. The molecule has 1 N–H and O–H groups in total. The Hall–Kier alpha value is -3.28. The molecule has 2 heterocycles. The first kappa shape index (κ1) is 25.8. The molecule has 0 amide bonds. The van der Waals surface area contributed by atoms with Crippen LogP contribution in [0.1, 0.15) is 43.4 Å². The Morgan fingerprint density at radius 3 is 2.72 bits per heavy atom. The van der Waals surface area contributed by atoms with E-state index in [1.807, 2.05) is 37.4 Å². The zero-order valence-corrected chi connectivity index (χ0v) is 20.9. The van der Waals surface area contributed by atoms with E-state index < -0.39 is 6.61 Å². The third kappa shape index (κ3) is 5.75. The van der Waals surface area contributed by atoms with Gasteiger partial charge in [-0.3, -0.25) is 4.90 Å². The van der Waals surface area contributed by atoms with Gasteiger partial charge in [-0.15, -0.1) is 0 Å². The molecule has 36 heavy (non-hydrogen) atoms. The molecule has 3 aromatic rings. The number of benzene rings is 2. The van der Waals surface area contributed by atoms with E-state index in [1.54, 1.807) is 22.9 Å². The summed E-state index contributed by atoms with van der Waals surface area (Å²) < 4.78 is 33.3. The first-order valence-corrected chi connectivity index (χ1v) is 12.2. The first-order chi connectivity index (χ1) is 17.2. The van der Waals surface area contributed by atoms with E-state index in [4.69, 9.17) is 10.00 Å². The normalized spacial score (nSPS) is 16.8. The Labute approximate surface area is 210 Å². The van der Waals surface area contributed by atoms with Crippen molar-refractivity contribution >= 4 is 0 Å². The summed E-state index contributed by atoms with van der Waals surface area (Å²) in [6.07, 6.45) is 3.86. The number of aliphatic hydroxyl groups is 1. The molecule has 0 saturated carbocycles. The van der Waals surface area contributed by atoms with Crippen molar-refractivity contribution in [2.45, 2.75) is 46.8 Å². The summed E-state index contributed by atoms with van der Waals surface area (Å²) in [5, 5.41) is 23.5. The van der Waals surface area contributed by atoms with Crippen LogP contribution in [0.15, 0.2) is 48.7 Å². The minimum atomic E-state index is -2.93. The predicted octanol–water partition coefficient (Wildman–Crippen LogP) is 5.55. The van der Waals surface area contributed by atoms with E-state index in [0.717, 1.165) is 37.2 Å². The summed E-state index contributed by atoms with van der Waals surface area (Å²) >= 11 is 0. The van der Waals surface area contributed by atoms with Gasteiger partial charge in [-0.1, -0.05) is 26.0 Å². The van der Waals surface area contributed by atoms with Crippen molar-refractivity contribution in [1.29, 1.82) is 5.26 Å². The molecule has 0 bridgehead atoms. The average Bonchev–Trinajstić information content (AvgIpc) is 3.35. The van der Waals surface area contributed by atoms with Crippen LogP contribution in [0.25, 0.3) is 16.9 Å². The van der Waals surface area contributed by atoms with Gasteiger partial charge in [-0.05, 0) is 73.5 Å². The van der Waals surface area contributed by atoms with Crippen LogP contribution >= 0.6 is 0 Å². The molecule has 0 spiro atoms. The zero-order chi connectivity index (χ0) is 25.9. The maximum absolute atomic E-state index is 13.3. The third-order valence-electron chi connectivity index (χ3n) is 7.15. The van der Waals surface area contributed by atoms with Gasteiger partial charge in [0.25, 0.3) is 0 Å². The number of aromatic nitrogens is 2. The molecule has 1 aliphatic rings. The van der Waals surface area contributed by atoms with E-state index in [2.05, 4.69) is 29.9 Å². The lowest BCUT2D eigenvalue weighted by molar-refractivity contribution is -0.0509. The van der Waals surface area contributed by atoms with Gasteiger partial charge in [0.1, 0.15) is 5.75 Å². The predicted molar refractivity (Wildman–Crippen MR) is 134 cm³/mol. The van der Waals surface area contributed by atoms with Crippen LogP contribution < -0.4 is 4.74 Å². The second kappa shape index (κ2) is 10.8. The molecule has 0 aliphatic carbocycles. The number of aryl methyl sites for hydroxylation is 1. The largest absolute Gasteiger partial charge is 0.434 e. The number of hydrogen-bond acceptors (Lipinski definition) is 5. The Bertz CT molecular complexity index is 1250. The Kier molecular flexibility index (Phi) is 7.72. The topological polar surface area (TPSA) is 74.3 Å². The third-order valence-corrected chi connectivity index (χ3v) is 7.15. The molecule has 2 aromatic carbocycles. The second-order valence-corrected chi connectivity index (χ2v) is 10.2. The number of hydrogen-bond donors (Lipinski definition) is 1. The lowest BCUT2D eigenvalue weighted by atomic mass is 9.75. The van der Waals surface area contributed by atoms with Gasteiger partial charge in [0, 0.05) is 37.0 Å². The highest BCUT2D eigenvalue weighted by Gasteiger charge is 2.33. The summed E-state index contributed by atoms with van der Waals surface area (Å²) in [6, 6.07) is 14.7. The van der Waals surface area contributed by atoms with E-state index in [1.165, 1.54) is 0 Å². The molecule has 1 fully saturated rings. The Morgan fingerprint density at radius 1 is 1.22 bits per heavy atom. The summed E-state index contributed by atoms with van der Waals surface area (Å²) in [7, 11) is 0. The zero-order valence-electron chi connectivity index (χ0n) is 20.9. The molecule has 1 atom stereocenters. The van der Waals surface area contributed by atoms with E-state index >= 15 is 0 Å². The fourth-order valence-corrected chi connectivity index (χ4v) is 4.85. The van der Waals surface area contributed by atoms with Gasteiger partial charge < -0.3 is 9.84 Å². The van der Waals surface area contributed by atoms with Crippen molar-refractivity contribution in [2.24, 2.45) is 11.3 Å². The molecular weight excluding hydrogens is 462 g/mol. The van der Waals surface area contributed by atoms with Gasteiger partial charge in [0.15, 0.2) is 0 Å². The quantitative estimate of drug-likeness (QED) is 0.444. The number of alkyl halides is 2. The maximum atomic E-state index is 13.3. The van der Waals surface area contributed by atoms with Crippen molar-refractivity contribution in [3.63, 3.8) is 0 Å². The van der Waals surface area contributed by atoms with Crippen molar-refractivity contribution in [2.75, 3.05) is 19.7 Å². The molecule has 8 heteroatoms. The molecular formula is C28H32F2N4O2. The summed E-state index contributed by atoms with van der Waals surface area (Å²) in [4.78, 5) is 2.25. The molecule has 190 valence electrons. The Balaban J connectivity index is 1.57. The van der Waals surface area contributed by atoms with Crippen molar-refractivity contribution in [3.05, 3.63) is 65.4 Å². The van der Waals surface area contributed by atoms with Crippen LogP contribution in [0, 0.1) is 29.6 Å². The highest BCUT2D eigenvalue weighted by Crippen LogP contribution is 2.35. The number of aliphatic hydroxyl groups excluding tert-OH is 1. The van der Waals surface area contributed by atoms with Gasteiger partial charge in [-0.25, -0.2) is 4.68 Å². The fourth-order valence-electron chi connectivity index (χ4n) is 4.85. The van der Waals surface area contributed by atoms with E-state index in [-0.39, 0.29) is 17.8 Å². The van der Waals surface area contributed by atoms with Crippen LogP contribution in [-0.4, -0.2) is 46.1 Å². The smallest absolute Gasteiger partial charge is 0.387 e. The van der Waals surface area contributed by atoms with Gasteiger partial charge in [-0.2, -0.15) is 19.1 Å². The number of piperidine rings is 1. The molecule has 6 nitrogen and oxygen atoms in total. The number of nitriles is 1. The number of rotatable bonds is 8. The molecule has 1 aliphatic heterocycles. The molecule has 4 rings (SSSR count). The van der Waals surface area contributed by atoms with Crippen LogP contribution in [0.4, 0.5) is 8.78 Å². The van der Waals surface area contributed by atoms with Crippen LogP contribution in [0.2, 0.25) is 0 Å². The minimum Gasteiger partial charge on any atom is -0.434 e. The number of halogens is 2. The highest BCUT2D eigenvalue weighted by atomic mass is 19.3. The SMILES string of the molecule is Cc1cc(C#N)ccc1-n1ccc(-c2ccc(CN3CCC[C@H](C(C)(C)CO)C3)c(OC(F)F)c2)n1. The lowest BCUT2D eigenvalue weighted by Gasteiger charge is -2.40. The number of nitrogens with zero attached hydrogens (tertiary/aromatic N) is 4. The number of likely N-dealkylation sites (tertiary alicyclic amines) is 1. The van der Waals surface area contributed by atoms with Crippen LogP contribution in [0.5, 0.6) is 5.75 Å². The maximum Gasteiger partial charge on any atom is 0.387 e. The monoisotopic (exact) mass is 494 g/mol. The minimum absolute atomic E-state index is 0.120. The second-order valence-electron chi connectivity index (χ2n) is 10.2. The Morgan fingerprint density at radius 2 is 2.03 bits per heavy atom. The summed E-state index contributed by atoms with van der Waals surface area (Å²) in [5.74, 6) is 0.486. The molecule has 0 radical (unpaired) electrons. The van der Waals surface area contributed by atoms with Crippen molar-refractivity contribution in [1.82, 2.24) is 14.7 Å². The molecule has 0 unspecified atom stereocenters. The summed E-state index contributed by atoms with van der Waals surface area (Å²) in [5.41, 5.74) is 4.15.